The maximum atomic E-state index is 12.2. The van der Waals surface area contributed by atoms with Crippen LogP contribution in [0, 0.1) is 0 Å². The van der Waals surface area contributed by atoms with E-state index >= 15 is 0 Å². The van der Waals surface area contributed by atoms with Gasteiger partial charge in [0.25, 0.3) is 0 Å². The van der Waals surface area contributed by atoms with Gasteiger partial charge in [-0.2, -0.15) is 13.2 Å². The second kappa shape index (κ2) is 5.70. The topological polar surface area (TPSA) is 9.23 Å². The van der Waals surface area contributed by atoms with Crippen LogP contribution in [0.3, 0.4) is 0 Å². The molecule has 0 aliphatic carbocycles. The molecule has 0 radical (unpaired) electrons. The number of hydrogen-bond acceptors (Lipinski definition) is 1. The van der Waals surface area contributed by atoms with Gasteiger partial charge in [-0.1, -0.05) is 24.3 Å². The molecule has 0 amide bonds. The third-order valence-electron chi connectivity index (χ3n) is 1.97. The number of alkyl halides is 3. The Hall–Kier alpha value is -1.29. The second-order valence-corrected chi connectivity index (χ2v) is 3.18. The maximum absolute atomic E-state index is 12.2. The normalized spacial score (nSPS) is 12.2. The molecule has 1 aromatic rings. The van der Waals surface area contributed by atoms with Crippen LogP contribution in [0.2, 0.25) is 0 Å². The summed E-state index contributed by atoms with van der Waals surface area (Å²) in [5, 5.41) is 0. The van der Waals surface area contributed by atoms with Gasteiger partial charge < -0.3 is 4.74 Å². The zero-order chi connectivity index (χ0) is 12.0. The zero-order valence-electron chi connectivity index (χ0n) is 8.92. The zero-order valence-corrected chi connectivity index (χ0v) is 8.92. The van der Waals surface area contributed by atoms with E-state index in [0.717, 1.165) is 17.7 Å². The molecule has 0 spiro atoms. The highest BCUT2D eigenvalue weighted by Gasteiger charge is 2.29. The summed E-state index contributed by atoms with van der Waals surface area (Å²) in [5.74, 6) is 0. The predicted molar refractivity (Wildman–Crippen MR) is 57.0 cm³/mol. The highest BCUT2D eigenvalue weighted by molar-refractivity contribution is 5.49. The average Bonchev–Trinajstić information content (AvgIpc) is 2.24. The molecule has 0 N–H and O–H groups in total. The van der Waals surface area contributed by atoms with Crippen molar-refractivity contribution in [1.29, 1.82) is 0 Å². The van der Waals surface area contributed by atoms with Crippen LogP contribution in [0.1, 0.15) is 18.1 Å². The molecule has 0 atom stereocenters. The standard InChI is InChI=1S/C12H13F3O/c1-2-16-9-3-4-10-5-7-11(8-6-10)12(13,14)15/h3-8H,2,9H2,1H3. The molecule has 0 saturated carbocycles. The predicted octanol–water partition coefficient (Wildman–Crippen LogP) is 3.76. The van der Waals surface area contributed by atoms with Gasteiger partial charge in [-0.25, -0.2) is 0 Å². The van der Waals surface area contributed by atoms with Gasteiger partial charge in [-0.3, -0.25) is 0 Å². The van der Waals surface area contributed by atoms with E-state index in [9.17, 15) is 13.2 Å². The molecule has 1 rings (SSSR count). The van der Waals surface area contributed by atoms with E-state index in [1.807, 2.05) is 6.92 Å². The lowest BCUT2D eigenvalue weighted by Gasteiger charge is -2.05. The highest BCUT2D eigenvalue weighted by atomic mass is 19.4. The van der Waals surface area contributed by atoms with Crippen LogP contribution in [0.25, 0.3) is 6.08 Å². The molecule has 1 nitrogen and oxygen atoms in total. The van der Waals surface area contributed by atoms with Crippen LogP contribution in [-0.4, -0.2) is 13.2 Å². The van der Waals surface area contributed by atoms with Crippen molar-refractivity contribution in [2.45, 2.75) is 13.1 Å². The van der Waals surface area contributed by atoms with Crippen LogP contribution < -0.4 is 0 Å². The second-order valence-electron chi connectivity index (χ2n) is 3.18. The average molecular weight is 230 g/mol. The third kappa shape index (κ3) is 4.06. The minimum absolute atomic E-state index is 0.470. The van der Waals surface area contributed by atoms with Crippen LogP contribution in [0.5, 0.6) is 0 Å². The van der Waals surface area contributed by atoms with Crippen molar-refractivity contribution in [3.05, 3.63) is 41.5 Å². The molecule has 0 aliphatic heterocycles. The van der Waals surface area contributed by atoms with Gasteiger partial charge in [-0.05, 0) is 24.6 Å². The van der Waals surface area contributed by atoms with Crippen LogP contribution in [0.4, 0.5) is 13.2 Å². The Labute approximate surface area is 92.5 Å². The van der Waals surface area contributed by atoms with Gasteiger partial charge in [0, 0.05) is 6.61 Å². The first-order valence-electron chi connectivity index (χ1n) is 4.95. The molecule has 88 valence electrons. The van der Waals surface area contributed by atoms with Crippen molar-refractivity contribution < 1.29 is 17.9 Å². The Bertz CT molecular complexity index is 338. The fourth-order valence-electron chi connectivity index (χ4n) is 1.15. The number of benzene rings is 1. The smallest absolute Gasteiger partial charge is 0.378 e. The fraction of sp³-hybridized carbons (Fsp3) is 0.333. The Morgan fingerprint density at radius 3 is 2.31 bits per heavy atom. The largest absolute Gasteiger partial charge is 0.416 e. The minimum atomic E-state index is -4.27. The highest BCUT2D eigenvalue weighted by Crippen LogP contribution is 2.29. The molecule has 1 aromatic carbocycles. The lowest BCUT2D eigenvalue weighted by Crippen LogP contribution is -2.03. The van der Waals surface area contributed by atoms with Crippen molar-refractivity contribution in [3.8, 4) is 0 Å². The summed E-state index contributed by atoms with van der Waals surface area (Å²) in [6.07, 6.45) is -0.768. The molecule has 0 heterocycles. The number of halogens is 3. The first-order chi connectivity index (χ1) is 7.54. The van der Waals surface area contributed by atoms with Gasteiger partial charge >= 0.3 is 6.18 Å². The van der Waals surface area contributed by atoms with Crippen LogP contribution in [-0.2, 0) is 10.9 Å². The quantitative estimate of drug-likeness (QED) is 0.716. The minimum Gasteiger partial charge on any atom is -0.378 e. The van der Waals surface area contributed by atoms with Gasteiger partial charge in [0.05, 0.1) is 12.2 Å². The summed E-state index contributed by atoms with van der Waals surface area (Å²) in [4.78, 5) is 0. The Kier molecular flexibility index (Phi) is 4.55. The number of ether oxygens (including phenoxy) is 1. The summed E-state index contributed by atoms with van der Waals surface area (Å²) in [5.41, 5.74) is 0.0992. The van der Waals surface area contributed by atoms with E-state index < -0.39 is 11.7 Å². The fourth-order valence-corrected chi connectivity index (χ4v) is 1.15. The molecule has 0 saturated heterocycles. The van der Waals surface area contributed by atoms with Crippen molar-refractivity contribution in [1.82, 2.24) is 0 Å². The Morgan fingerprint density at radius 1 is 1.19 bits per heavy atom. The van der Waals surface area contributed by atoms with E-state index in [4.69, 9.17) is 4.74 Å². The van der Waals surface area contributed by atoms with Crippen LogP contribution in [0.15, 0.2) is 30.3 Å². The molecule has 0 aromatic heterocycles. The lowest BCUT2D eigenvalue weighted by molar-refractivity contribution is -0.137. The van der Waals surface area contributed by atoms with Crippen molar-refractivity contribution in [2.75, 3.05) is 13.2 Å². The summed E-state index contributed by atoms with van der Waals surface area (Å²) < 4.78 is 41.8. The van der Waals surface area contributed by atoms with Gasteiger partial charge in [0.1, 0.15) is 0 Å². The number of hydrogen-bond donors (Lipinski definition) is 0. The van der Waals surface area contributed by atoms with Gasteiger partial charge in [-0.15, -0.1) is 0 Å². The van der Waals surface area contributed by atoms with E-state index in [0.29, 0.717) is 13.2 Å². The van der Waals surface area contributed by atoms with Gasteiger partial charge in [0.2, 0.25) is 0 Å². The summed E-state index contributed by atoms with van der Waals surface area (Å²) >= 11 is 0. The summed E-state index contributed by atoms with van der Waals surface area (Å²) in [7, 11) is 0. The molecule has 0 unspecified atom stereocenters. The Morgan fingerprint density at radius 2 is 1.81 bits per heavy atom. The van der Waals surface area contributed by atoms with Crippen molar-refractivity contribution >= 4 is 6.08 Å². The monoisotopic (exact) mass is 230 g/mol. The maximum Gasteiger partial charge on any atom is 0.416 e. The molecule has 0 bridgehead atoms. The molecule has 16 heavy (non-hydrogen) atoms. The molecule has 0 aliphatic rings. The van der Waals surface area contributed by atoms with E-state index in [2.05, 4.69) is 0 Å². The third-order valence-corrected chi connectivity index (χ3v) is 1.97. The molecule has 4 heteroatoms. The molecular weight excluding hydrogens is 217 g/mol. The SMILES string of the molecule is CCOCC=Cc1ccc(C(F)(F)F)cc1. The van der Waals surface area contributed by atoms with Crippen molar-refractivity contribution in [2.24, 2.45) is 0 Å². The first-order valence-corrected chi connectivity index (χ1v) is 4.95. The lowest BCUT2D eigenvalue weighted by atomic mass is 10.1. The van der Waals surface area contributed by atoms with Crippen LogP contribution >= 0.6 is 0 Å². The van der Waals surface area contributed by atoms with Crippen molar-refractivity contribution in [3.63, 3.8) is 0 Å². The summed E-state index contributed by atoms with van der Waals surface area (Å²) in [6, 6.07) is 5.01. The van der Waals surface area contributed by atoms with Gasteiger partial charge in [0.15, 0.2) is 0 Å². The molecule has 0 fully saturated rings. The first kappa shape index (κ1) is 12.8. The van der Waals surface area contributed by atoms with E-state index in [-0.39, 0.29) is 0 Å². The van der Waals surface area contributed by atoms with E-state index in [1.54, 1.807) is 12.2 Å². The van der Waals surface area contributed by atoms with E-state index in [1.165, 1.54) is 12.1 Å². The Balaban J connectivity index is 2.61. The molecular formula is C12H13F3O. The summed E-state index contributed by atoms with van der Waals surface area (Å²) in [6.45, 7) is 2.97. The number of rotatable bonds is 4.